The predicted octanol–water partition coefficient (Wildman–Crippen LogP) is 11.7. The van der Waals surface area contributed by atoms with E-state index in [1.807, 2.05) is 24.3 Å². The van der Waals surface area contributed by atoms with Crippen molar-refractivity contribution >= 4 is 43.6 Å². The van der Waals surface area contributed by atoms with E-state index in [0.717, 1.165) is 55.9 Å². The number of hydrogen-bond acceptors (Lipinski definition) is 2. The second-order valence-electron chi connectivity index (χ2n) is 12.6. The predicted molar refractivity (Wildman–Crippen MR) is 207 cm³/mol. The normalized spacial score (nSPS) is 11.6. The molecule has 0 aliphatic heterocycles. The molecule has 0 fully saturated rings. The van der Waals surface area contributed by atoms with Crippen LogP contribution in [0.1, 0.15) is 0 Å². The highest BCUT2D eigenvalue weighted by Gasteiger charge is 2.20. The minimum atomic E-state index is 0.705. The quantitative estimate of drug-likeness (QED) is 0.188. The zero-order valence-electron chi connectivity index (χ0n) is 27.1. The van der Waals surface area contributed by atoms with Crippen molar-refractivity contribution in [3.05, 3.63) is 182 Å². The van der Waals surface area contributed by atoms with Gasteiger partial charge in [-0.05, 0) is 54.6 Å². The Morgan fingerprint density at radius 3 is 1.58 bits per heavy atom. The number of fused-ring (bicyclic) bond motifs is 6. The first-order chi connectivity index (χ1) is 24.8. The fourth-order valence-corrected chi connectivity index (χ4v) is 7.53. The highest BCUT2D eigenvalue weighted by atomic mass is 15.0. The second-order valence-corrected chi connectivity index (χ2v) is 12.6. The molecule has 0 unspecified atom stereocenters. The average Bonchev–Trinajstić information content (AvgIpc) is 3.71. The molecule has 3 heterocycles. The van der Waals surface area contributed by atoms with Gasteiger partial charge in [-0.1, -0.05) is 127 Å². The summed E-state index contributed by atoms with van der Waals surface area (Å²) in [6, 6.07) is 64.2. The molecule has 4 nitrogen and oxygen atoms in total. The maximum atomic E-state index is 5.27. The van der Waals surface area contributed by atoms with Gasteiger partial charge in [0, 0.05) is 49.6 Å². The summed E-state index contributed by atoms with van der Waals surface area (Å²) in [7, 11) is 0. The summed E-state index contributed by atoms with van der Waals surface area (Å²) < 4.78 is 4.77. The summed E-state index contributed by atoms with van der Waals surface area (Å²) in [6.07, 6.45) is 0. The van der Waals surface area contributed by atoms with Gasteiger partial charge >= 0.3 is 0 Å². The van der Waals surface area contributed by atoms with E-state index in [2.05, 4.69) is 167 Å². The molecule has 50 heavy (non-hydrogen) atoms. The van der Waals surface area contributed by atoms with Crippen molar-refractivity contribution in [2.24, 2.45) is 0 Å². The van der Waals surface area contributed by atoms with Gasteiger partial charge in [0.25, 0.3) is 0 Å². The summed E-state index contributed by atoms with van der Waals surface area (Å²) in [4.78, 5) is 10.3. The Kier molecular flexibility index (Phi) is 6.46. The van der Waals surface area contributed by atoms with Gasteiger partial charge in [0.1, 0.15) is 0 Å². The van der Waals surface area contributed by atoms with Gasteiger partial charge in [0.2, 0.25) is 0 Å². The number of para-hydroxylation sites is 3. The van der Waals surface area contributed by atoms with Gasteiger partial charge in [-0.2, -0.15) is 0 Å². The molecule has 0 saturated carbocycles. The molecule has 234 valence electrons. The zero-order valence-corrected chi connectivity index (χ0v) is 27.1. The van der Waals surface area contributed by atoms with Gasteiger partial charge in [0.15, 0.2) is 5.82 Å². The average molecular weight is 639 g/mol. The first-order valence-corrected chi connectivity index (χ1v) is 16.9. The lowest BCUT2D eigenvalue weighted by Crippen LogP contribution is -1.96. The van der Waals surface area contributed by atoms with Crippen LogP contribution in [0.3, 0.4) is 0 Å². The van der Waals surface area contributed by atoms with Crippen LogP contribution in [-0.2, 0) is 0 Å². The molecule has 0 saturated heterocycles. The Balaban J connectivity index is 1.30. The van der Waals surface area contributed by atoms with Gasteiger partial charge in [-0.15, -0.1) is 0 Å². The van der Waals surface area contributed by atoms with Gasteiger partial charge < -0.3 is 9.13 Å². The van der Waals surface area contributed by atoms with Crippen molar-refractivity contribution in [3.63, 3.8) is 0 Å². The second kappa shape index (κ2) is 11.4. The number of benzene rings is 7. The minimum Gasteiger partial charge on any atom is -0.309 e. The van der Waals surface area contributed by atoms with E-state index in [0.29, 0.717) is 5.82 Å². The standard InChI is InChI=1S/C46H30N4/c1-4-15-31(16-5-1)39-30-40(48-46(47-39)32-17-6-2-7-18-32)37-23-14-26-44-45(37)38-29-34(27-28-43(38)49(44)33-19-8-3-9-20-33)50-41-24-12-10-21-35(41)36-22-11-13-25-42(36)50/h1-30H. The molecule has 0 atom stereocenters. The molecule has 0 aliphatic carbocycles. The van der Waals surface area contributed by atoms with E-state index in [1.54, 1.807) is 0 Å². The molecule has 0 bridgehead atoms. The molecule has 10 rings (SSSR count). The van der Waals surface area contributed by atoms with Crippen LogP contribution >= 0.6 is 0 Å². The third kappa shape index (κ3) is 4.46. The maximum absolute atomic E-state index is 5.27. The number of rotatable bonds is 5. The molecule has 0 spiro atoms. The fourth-order valence-electron chi connectivity index (χ4n) is 7.53. The lowest BCUT2D eigenvalue weighted by molar-refractivity contribution is 1.16. The first-order valence-electron chi connectivity index (χ1n) is 16.9. The number of nitrogens with zero attached hydrogens (tertiary/aromatic N) is 4. The molecule has 10 aromatic rings. The molecular formula is C46H30N4. The van der Waals surface area contributed by atoms with Crippen LogP contribution < -0.4 is 0 Å². The van der Waals surface area contributed by atoms with E-state index < -0.39 is 0 Å². The Morgan fingerprint density at radius 1 is 0.340 bits per heavy atom. The van der Waals surface area contributed by atoms with Gasteiger partial charge in [0.05, 0.1) is 33.5 Å². The molecule has 7 aromatic carbocycles. The molecule has 4 heteroatoms. The third-order valence-corrected chi connectivity index (χ3v) is 9.73. The Bertz CT molecular complexity index is 2740. The van der Waals surface area contributed by atoms with Crippen LogP contribution in [0.25, 0.3) is 88.9 Å². The summed E-state index contributed by atoms with van der Waals surface area (Å²) in [6.45, 7) is 0. The van der Waals surface area contributed by atoms with E-state index in [4.69, 9.17) is 9.97 Å². The molecular weight excluding hydrogens is 609 g/mol. The van der Waals surface area contributed by atoms with Crippen LogP contribution in [0.2, 0.25) is 0 Å². The summed E-state index contributed by atoms with van der Waals surface area (Å²) >= 11 is 0. The zero-order chi connectivity index (χ0) is 33.0. The highest BCUT2D eigenvalue weighted by molar-refractivity contribution is 6.16. The largest absolute Gasteiger partial charge is 0.309 e. The topological polar surface area (TPSA) is 35.6 Å². The Morgan fingerprint density at radius 2 is 0.880 bits per heavy atom. The Hall–Kier alpha value is -6.78. The first kappa shape index (κ1) is 28.3. The molecule has 3 aromatic heterocycles. The summed E-state index contributed by atoms with van der Waals surface area (Å²) in [5.41, 5.74) is 11.8. The van der Waals surface area contributed by atoms with E-state index >= 15 is 0 Å². The maximum Gasteiger partial charge on any atom is 0.160 e. The van der Waals surface area contributed by atoms with Gasteiger partial charge in [-0.25, -0.2) is 9.97 Å². The van der Waals surface area contributed by atoms with Crippen molar-refractivity contribution in [1.82, 2.24) is 19.1 Å². The fraction of sp³-hybridized carbons (Fsp3) is 0. The van der Waals surface area contributed by atoms with Gasteiger partial charge in [-0.3, -0.25) is 0 Å². The lowest BCUT2D eigenvalue weighted by atomic mass is 10.0. The SMILES string of the molecule is c1ccc(-c2cc(-c3cccc4c3c3cc(-n5c6ccccc6c6ccccc65)ccc3n4-c3ccccc3)nc(-c3ccccc3)n2)cc1. The van der Waals surface area contributed by atoms with Crippen LogP contribution in [-0.4, -0.2) is 19.1 Å². The monoisotopic (exact) mass is 638 g/mol. The van der Waals surface area contributed by atoms with Crippen LogP contribution in [0.4, 0.5) is 0 Å². The van der Waals surface area contributed by atoms with Crippen LogP contribution in [0.15, 0.2) is 182 Å². The summed E-state index contributed by atoms with van der Waals surface area (Å²) in [5, 5.41) is 4.82. The van der Waals surface area contributed by atoms with Crippen molar-refractivity contribution in [3.8, 4) is 45.3 Å². The van der Waals surface area contributed by atoms with E-state index in [1.165, 1.54) is 27.2 Å². The summed E-state index contributed by atoms with van der Waals surface area (Å²) in [5.74, 6) is 0.705. The van der Waals surface area contributed by atoms with E-state index in [-0.39, 0.29) is 0 Å². The minimum absolute atomic E-state index is 0.705. The van der Waals surface area contributed by atoms with E-state index in [9.17, 15) is 0 Å². The smallest absolute Gasteiger partial charge is 0.160 e. The number of hydrogen-bond donors (Lipinski definition) is 0. The van der Waals surface area contributed by atoms with Crippen molar-refractivity contribution in [2.75, 3.05) is 0 Å². The van der Waals surface area contributed by atoms with Crippen molar-refractivity contribution < 1.29 is 0 Å². The highest BCUT2D eigenvalue weighted by Crippen LogP contribution is 2.41. The van der Waals surface area contributed by atoms with Crippen molar-refractivity contribution in [1.29, 1.82) is 0 Å². The van der Waals surface area contributed by atoms with Crippen molar-refractivity contribution in [2.45, 2.75) is 0 Å². The third-order valence-electron chi connectivity index (χ3n) is 9.73. The molecule has 0 radical (unpaired) electrons. The van der Waals surface area contributed by atoms with Crippen LogP contribution in [0.5, 0.6) is 0 Å². The molecule has 0 N–H and O–H groups in total. The Labute approximate surface area is 289 Å². The molecule has 0 amide bonds. The van der Waals surface area contributed by atoms with Crippen LogP contribution in [0, 0.1) is 0 Å². The molecule has 0 aliphatic rings. The number of aromatic nitrogens is 4. The lowest BCUT2D eigenvalue weighted by Gasteiger charge is -2.11.